The predicted molar refractivity (Wildman–Crippen MR) is 71.4 cm³/mol. The molecule has 0 spiro atoms. The quantitative estimate of drug-likeness (QED) is 0.358. The lowest BCUT2D eigenvalue weighted by atomic mass is 10.2. The molecule has 94 valence electrons. The van der Waals surface area contributed by atoms with E-state index < -0.39 is 0 Å². The minimum atomic E-state index is -0.248. The van der Waals surface area contributed by atoms with E-state index in [1.54, 1.807) is 11.9 Å². The van der Waals surface area contributed by atoms with Crippen molar-refractivity contribution in [1.29, 1.82) is 0 Å². The van der Waals surface area contributed by atoms with Crippen LogP contribution in [0.25, 0.3) is 0 Å². The van der Waals surface area contributed by atoms with E-state index >= 15 is 0 Å². The molecule has 1 aliphatic heterocycles. The summed E-state index contributed by atoms with van der Waals surface area (Å²) >= 11 is 7.35. The number of nitroso groups, excluding NO2 is 1. The molecular formula is C11H16ClN3OS. The molecule has 2 rings (SSSR count). The Morgan fingerprint density at radius 2 is 2.41 bits per heavy atom. The molecule has 0 saturated heterocycles. The van der Waals surface area contributed by atoms with Crippen molar-refractivity contribution in [3.8, 4) is 0 Å². The Bertz CT molecular complexity index is 396. The van der Waals surface area contributed by atoms with E-state index in [1.165, 1.54) is 0 Å². The van der Waals surface area contributed by atoms with Gasteiger partial charge in [0.25, 0.3) is 0 Å². The van der Waals surface area contributed by atoms with Crippen LogP contribution in [0.4, 0.5) is 0 Å². The van der Waals surface area contributed by atoms with Crippen molar-refractivity contribution in [3.05, 3.63) is 22.9 Å². The minimum Gasteiger partial charge on any atom is -0.348 e. The highest BCUT2D eigenvalue weighted by Crippen LogP contribution is 2.38. The first kappa shape index (κ1) is 12.9. The van der Waals surface area contributed by atoms with Crippen molar-refractivity contribution in [1.82, 2.24) is 8.87 Å². The molecule has 17 heavy (non-hydrogen) atoms. The fraction of sp³-hybridized carbons (Fsp3) is 0.636. The van der Waals surface area contributed by atoms with Gasteiger partial charge in [0.2, 0.25) is 0 Å². The Balaban J connectivity index is 2.17. The molecule has 0 N–H and O–H groups in total. The summed E-state index contributed by atoms with van der Waals surface area (Å²) in [6.07, 6.45) is 4.08. The number of nitrogens with zero attached hydrogens (tertiary/aromatic N) is 3. The molecule has 0 aromatic carbocycles. The van der Waals surface area contributed by atoms with Gasteiger partial charge in [0.15, 0.2) is 0 Å². The van der Waals surface area contributed by atoms with Crippen LogP contribution >= 0.6 is 23.5 Å². The average molecular weight is 274 g/mol. The summed E-state index contributed by atoms with van der Waals surface area (Å²) in [5.41, 5.74) is 1.07. The number of alkyl halides is 1. The van der Waals surface area contributed by atoms with Crippen molar-refractivity contribution in [2.75, 3.05) is 19.5 Å². The monoisotopic (exact) mass is 273 g/mol. The number of hydrogen-bond donors (Lipinski definition) is 0. The number of aryl methyl sites for hydroxylation is 1. The summed E-state index contributed by atoms with van der Waals surface area (Å²) in [4.78, 5) is 12.1. The lowest BCUT2D eigenvalue weighted by Crippen LogP contribution is -2.24. The largest absolute Gasteiger partial charge is 0.348 e. The summed E-state index contributed by atoms with van der Waals surface area (Å²) in [5.74, 6) is 0.691. The van der Waals surface area contributed by atoms with Crippen molar-refractivity contribution >= 4 is 23.5 Å². The molecule has 0 aliphatic carbocycles. The third kappa shape index (κ3) is 2.84. The number of likely N-dealkylation sites (N-methyl/N-ethyl adjacent to an activating group) is 1. The summed E-state index contributed by atoms with van der Waals surface area (Å²) < 4.78 is 4.20. The van der Waals surface area contributed by atoms with Gasteiger partial charge in [0, 0.05) is 30.1 Å². The van der Waals surface area contributed by atoms with Crippen LogP contribution in [-0.4, -0.2) is 28.3 Å². The standard InChI is InChI=1S/C11H16ClN3OS/c1-14-8-9(13-16)11-10(17-14)4-7-15(11)6-3-2-5-12/h4,7,9H,2-3,5-6,8H2,1H3. The maximum atomic E-state index is 10.9. The van der Waals surface area contributed by atoms with Crippen LogP contribution in [0.15, 0.2) is 22.3 Å². The van der Waals surface area contributed by atoms with Crippen LogP contribution in [0.2, 0.25) is 0 Å². The normalized spacial score (nSPS) is 20.2. The van der Waals surface area contributed by atoms with Crippen molar-refractivity contribution in [2.45, 2.75) is 30.3 Å². The number of rotatable bonds is 5. The molecule has 1 aromatic rings. The Morgan fingerprint density at radius 1 is 1.59 bits per heavy atom. The van der Waals surface area contributed by atoms with Gasteiger partial charge in [0.1, 0.15) is 6.04 Å². The van der Waals surface area contributed by atoms with Crippen molar-refractivity contribution in [3.63, 3.8) is 0 Å². The van der Waals surface area contributed by atoms with Gasteiger partial charge < -0.3 is 4.57 Å². The number of hydrogen-bond acceptors (Lipinski definition) is 4. The van der Waals surface area contributed by atoms with Crippen LogP contribution in [-0.2, 0) is 6.54 Å². The van der Waals surface area contributed by atoms with E-state index in [2.05, 4.69) is 20.1 Å². The van der Waals surface area contributed by atoms with E-state index in [0.29, 0.717) is 12.4 Å². The van der Waals surface area contributed by atoms with E-state index in [4.69, 9.17) is 11.6 Å². The lowest BCUT2D eigenvalue weighted by Gasteiger charge is -2.26. The number of halogens is 1. The molecule has 4 nitrogen and oxygen atoms in total. The second-order valence-electron chi connectivity index (χ2n) is 4.18. The second-order valence-corrected chi connectivity index (χ2v) is 5.80. The molecule has 0 saturated carbocycles. The van der Waals surface area contributed by atoms with E-state index in [1.807, 2.05) is 13.2 Å². The fourth-order valence-electron chi connectivity index (χ4n) is 2.09. The zero-order valence-electron chi connectivity index (χ0n) is 9.80. The van der Waals surface area contributed by atoms with Gasteiger partial charge in [-0.2, -0.15) is 4.91 Å². The molecule has 1 aliphatic rings. The summed E-state index contributed by atoms with van der Waals surface area (Å²) in [7, 11) is 1.98. The first-order valence-electron chi connectivity index (χ1n) is 5.73. The molecule has 0 fully saturated rings. The zero-order chi connectivity index (χ0) is 12.3. The Kier molecular flexibility index (Phi) is 4.48. The summed E-state index contributed by atoms with van der Waals surface area (Å²) in [6.45, 7) is 1.60. The van der Waals surface area contributed by atoms with Crippen LogP contribution in [0.1, 0.15) is 24.6 Å². The van der Waals surface area contributed by atoms with Gasteiger partial charge in [-0.1, -0.05) is 5.18 Å². The van der Waals surface area contributed by atoms with Gasteiger partial charge in [-0.3, -0.25) is 0 Å². The van der Waals surface area contributed by atoms with Gasteiger partial charge in [-0.15, -0.1) is 11.6 Å². The second kappa shape index (κ2) is 5.89. The molecule has 6 heteroatoms. The van der Waals surface area contributed by atoms with Crippen LogP contribution < -0.4 is 0 Å². The third-order valence-electron chi connectivity index (χ3n) is 2.88. The predicted octanol–water partition coefficient (Wildman–Crippen LogP) is 3.27. The van der Waals surface area contributed by atoms with E-state index in [-0.39, 0.29) is 6.04 Å². The van der Waals surface area contributed by atoms with Gasteiger partial charge >= 0.3 is 0 Å². The molecule has 2 heterocycles. The smallest absolute Gasteiger partial charge is 0.146 e. The summed E-state index contributed by atoms with van der Waals surface area (Å²) in [5, 5.41) is 3.25. The van der Waals surface area contributed by atoms with Gasteiger partial charge in [-0.25, -0.2) is 4.31 Å². The minimum absolute atomic E-state index is 0.248. The van der Waals surface area contributed by atoms with Crippen LogP contribution in [0, 0.1) is 4.91 Å². The van der Waals surface area contributed by atoms with Crippen LogP contribution in [0.3, 0.4) is 0 Å². The topological polar surface area (TPSA) is 37.6 Å². The lowest BCUT2D eigenvalue weighted by molar-refractivity contribution is 0.456. The number of fused-ring (bicyclic) bond motifs is 1. The first-order valence-corrected chi connectivity index (χ1v) is 7.03. The highest BCUT2D eigenvalue weighted by molar-refractivity contribution is 7.97. The average Bonchev–Trinajstić information content (AvgIpc) is 2.71. The highest BCUT2D eigenvalue weighted by Gasteiger charge is 2.28. The maximum Gasteiger partial charge on any atom is 0.146 e. The Labute approximate surface area is 110 Å². The van der Waals surface area contributed by atoms with Crippen LogP contribution in [0.5, 0.6) is 0 Å². The Hall–Kier alpha value is -0.520. The first-order chi connectivity index (χ1) is 8.26. The molecule has 0 radical (unpaired) electrons. The maximum absolute atomic E-state index is 10.9. The zero-order valence-corrected chi connectivity index (χ0v) is 11.4. The third-order valence-corrected chi connectivity index (χ3v) is 4.15. The van der Waals surface area contributed by atoms with Crippen molar-refractivity contribution < 1.29 is 0 Å². The highest BCUT2D eigenvalue weighted by atomic mass is 35.5. The number of unbranched alkanes of at least 4 members (excludes halogenated alkanes) is 1. The molecular weight excluding hydrogens is 258 g/mol. The van der Waals surface area contributed by atoms with E-state index in [9.17, 15) is 4.91 Å². The van der Waals surface area contributed by atoms with Gasteiger partial charge in [-0.05, 0) is 37.9 Å². The molecule has 0 bridgehead atoms. The fourth-order valence-corrected chi connectivity index (χ4v) is 3.30. The molecule has 1 unspecified atom stereocenters. The SMILES string of the molecule is CN1CC(N=O)c2c(ccn2CCCCCl)S1. The molecule has 0 amide bonds. The Morgan fingerprint density at radius 3 is 3.12 bits per heavy atom. The van der Waals surface area contributed by atoms with E-state index in [0.717, 1.165) is 30.0 Å². The number of aromatic nitrogens is 1. The summed E-state index contributed by atoms with van der Waals surface area (Å²) in [6, 6.07) is 1.82. The molecule has 1 aromatic heterocycles. The van der Waals surface area contributed by atoms with Gasteiger partial charge in [0.05, 0.1) is 5.69 Å². The molecule has 1 atom stereocenters. The van der Waals surface area contributed by atoms with Crippen molar-refractivity contribution in [2.24, 2.45) is 5.18 Å².